The lowest BCUT2D eigenvalue weighted by atomic mass is 9.88. The highest BCUT2D eigenvalue weighted by atomic mass is 16.1. The van der Waals surface area contributed by atoms with Crippen LogP contribution in [0.15, 0.2) is 0 Å². The molecule has 0 amide bonds. The smallest absolute Gasteiger partial charge is 0.138 e. The first-order valence-electron chi connectivity index (χ1n) is 6.39. The van der Waals surface area contributed by atoms with Gasteiger partial charge in [0.1, 0.15) is 5.78 Å². The van der Waals surface area contributed by atoms with Crippen molar-refractivity contribution in [1.29, 1.82) is 0 Å². The zero-order valence-corrected chi connectivity index (χ0v) is 10.2. The van der Waals surface area contributed by atoms with E-state index >= 15 is 0 Å². The van der Waals surface area contributed by atoms with Crippen molar-refractivity contribution in [2.24, 2.45) is 11.8 Å². The molecule has 0 N–H and O–H groups in total. The third-order valence-electron chi connectivity index (χ3n) is 4.61. The van der Waals surface area contributed by atoms with E-state index in [-0.39, 0.29) is 5.92 Å². The maximum Gasteiger partial charge on any atom is 0.138 e. The van der Waals surface area contributed by atoms with Crippen LogP contribution in [0.25, 0.3) is 0 Å². The molecule has 4 atom stereocenters. The van der Waals surface area contributed by atoms with Crippen LogP contribution in [0, 0.1) is 11.8 Å². The number of carbonyl (C=O) groups is 1. The monoisotopic (exact) mass is 209 g/mol. The first-order valence-corrected chi connectivity index (χ1v) is 6.39. The highest BCUT2D eigenvalue weighted by Gasteiger charge is 2.38. The summed E-state index contributed by atoms with van der Waals surface area (Å²) in [7, 11) is 0. The van der Waals surface area contributed by atoms with Crippen molar-refractivity contribution in [1.82, 2.24) is 4.90 Å². The molecular weight excluding hydrogens is 186 g/mol. The molecule has 2 rings (SSSR count). The van der Waals surface area contributed by atoms with Crippen LogP contribution in [0.2, 0.25) is 0 Å². The molecule has 1 saturated heterocycles. The third-order valence-corrected chi connectivity index (χ3v) is 4.61. The minimum Gasteiger partial charge on any atom is -0.299 e. The van der Waals surface area contributed by atoms with E-state index in [1.807, 2.05) is 0 Å². The van der Waals surface area contributed by atoms with E-state index in [1.54, 1.807) is 0 Å². The van der Waals surface area contributed by atoms with Crippen molar-refractivity contribution in [3.05, 3.63) is 0 Å². The molecule has 0 aromatic heterocycles. The molecule has 2 fully saturated rings. The standard InChI is InChI=1S/C13H23NO/c1-9-5-4-6-12(9)14-8-7-13(15)10(2)11(14)3/h9-12H,4-8H2,1-3H3. The summed E-state index contributed by atoms with van der Waals surface area (Å²) >= 11 is 0. The van der Waals surface area contributed by atoms with Gasteiger partial charge in [0.2, 0.25) is 0 Å². The van der Waals surface area contributed by atoms with E-state index in [9.17, 15) is 4.79 Å². The van der Waals surface area contributed by atoms with Gasteiger partial charge in [-0.25, -0.2) is 0 Å². The number of rotatable bonds is 1. The molecular formula is C13H23NO. The molecule has 0 aromatic rings. The maximum atomic E-state index is 11.6. The molecule has 0 spiro atoms. The lowest BCUT2D eigenvalue weighted by molar-refractivity contribution is -0.129. The van der Waals surface area contributed by atoms with Gasteiger partial charge in [-0.3, -0.25) is 9.69 Å². The van der Waals surface area contributed by atoms with E-state index in [0.717, 1.165) is 24.9 Å². The Bertz CT molecular complexity index is 251. The highest BCUT2D eigenvalue weighted by molar-refractivity contribution is 5.82. The second kappa shape index (κ2) is 4.25. The quantitative estimate of drug-likeness (QED) is 0.661. The fourth-order valence-electron chi connectivity index (χ4n) is 3.31. The first-order chi connectivity index (χ1) is 7.11. The Hall–Kier alpha value is -0.370. The molecule has 2 heteroatoms. The van der Waals surface area contributed by atoms with Crippen molar-refractivity contribution in [3.63, 3.8) is 0 Å². The minimum atomic E-state index is 0.242. The summed E-state index contributed by atoms with van der Waals surface area (Å²) < 4.78 is 0. The van der Waals surface area contributed by atoms with Crippen LogP contribution in [-0.2, 0) is 4.79 Å². The van der Waals surface area contributed by atoms with Crippen LogP contribution in [-0.4, -0.2) is 29.3 Å². The molecule has 1 heterocycles. The fraction of sp³-hybridized carbons (Fsp3) is 0.923. The number of carbonyl (C=O) groups excluding carboxylic acids is 1. The number of hydrogen-bond acceptors (Lipinski definition) is 2. The van der Waals surface area contributed by atoms with Crippen LogP contribution >= 0.6 is 0 Å². The summed E-state index contributed by atoms with van der Waals surface area (Å²) in [5.41, 5.74) is 0. The Kier molecular flexibility index (Phi) is 3.15. The van der Waals surface area contributed by atoms with Gasteiger partial charge in [-0.05, 0) is 25.7 Å². The van der Waals surface area contributed by atoms with Crippen molar-refractivity contribution >= 4 is 5.78 Å². The van der Waals surface area contributed by atoms with E-state index < -0.39 is 0 Å². The number of likely N-dealkylation sites (tertiary alicyclic amines) is 1. The normalized spacial score (nSPS) is 43.5. The van der Waals surface area contributed by atoms with E-state index in [0.29, 0.717) is 11.8 Å². The molecule has 0 aromatic carbocycles. The zero-order valence-electron chi connectivity index (χ0n) is 10.2. The number of Topliss-reactive ketones (excluding diaryl/α,β-unsaturated/α-hetero) is 1. The largest absolute Gasteiger partial charge is 0.299 e. The van der Waals surface area contributed by atoms with Crippen molar-refractivity contribution in [2.45, 2.75) is 58.5 Å². The van der Waals surface area contributed by atoms with Gasteiger partial charge in [-0.1, -0.05) is 20.3 Å². The molecule has 1 aliphatic heterocycles. The van der Waals surface area contributed by atoms with Crippen LogP contribution in [0.1, 0.15) is 46.5 Å². The Morgan fingerprint density at radius 2 is 1.93 bits per heavy atom. The lowest BCUT2D eigenvalue weighted by Gasteiger charge is -2.42. The topological polar surface area (TPSA) is 20.3 Å². The van der Waals surface area contributed by atoms with E-state index in [2.05, 4.69) is 25.7 Å². The van der Waals surface area contributed by atoms with Crippen molar-refractivity contribution < 1.29 is 4.79 Å². The molecule has 1 saturated carbocycles. The van der Waals surface area contributed by atoms with Gasteiger partial charge in [-0.15, -0.1) is 0 Å². The van der Waals surface area contributed by atoms with Crippen LogP contribution in [0.3, 0.4) is 0 Å². The van der Waals surface area contributed by atoms with Gasteiger partial charge in [0.05, 0.1) is 0 Å². The number of hydrogen-bond donors (Lipinski definition) is 0. The molecule has 15 heavy (non-hydrogen) atoms. The summed E-state index contributed by atoms with van der Waals surface area (Å²) in [6.07, 6.45) is 4.86. The third kappa shape index (κ3) is 1.96. The molecule has 4 unspecified atom stereocenters. The van der Waals surface area contributed by atoms with Gasteiger partial charge in [-0.2, -0.15) is 0 Å². The van der Waals surface area contributed by atoms with Crippen molar-refractivity contribution in [2.75, 3.05) is 6.54 Å². The molecule has 0 radical (unpaired) electrons. The number of nitrogens with zero attached hydrogens (tertiary/aromatic N) is 1. The molecule has 0 bridgehead atoms. The van der Waals surface area contributed by atoms with E-state index in [4.69, 9.17) is 0 Å². The summed E-state index contributed by atoms with van der Waals surface area (Å²) in [4.78, 5) is 14.2. The van der Waals surface area contributed by atoms with Gasteiger partial charge in [0.25, 0.3) is 0 Å². The molecule has 1 aliphatic carbocycles. The summed E-state index contributed by atoms with van der Waals surface area (Å²) in [5, 5.41) is 0. The Morgan fingerprint density at radius 3 is 2.53 bits per heavy atom. The Labute approximate surface area is 93.0 Å². The fourth-order valence-corrected chi connectivity index (χ4v) is 3.31. The predicted octanol–water partition coefficient (Wildman–Crippen LogP) is 2.47. The average Bonchev–Trinajstić information content (AvgIpc) is 2.62. The highest BCUT2D eigenvalue weighted by Crippen LogP contribution is 2.34. The second-order valence-electron chi connectivity index (χ2n) is 5.46. The molecule has 2 nitrogen and oxygen atoms in total. The SMILES string of the molecule is CC1CCCC1N1CCC(=O)C(C)C1C. The number of piperidine rings is 1. The minimum absolute atomic E-state index is 0.242. The van der Waals surface area contributed by atoms with Crippen LogP contribution in [0.4, 0.5) is 0 Å². The average molecular weight is 209 g/mol. The lowest BCUT2D eigenvalue weighted by Crippen LogP contribution is -2.52. The van der Waals surface area contributed by atoms with Gasteiger partial charge in [0.15, 0.2) is 0 Å². The van der Waals surface area contributed by atoms with Gasteiger partial charge in [0, 0.05) is 31.0 Å². The Balaban J connectivity index is 2.06. The summed E-state index contributed by atoms with van der Waals surface area (Å²) in [6, 6.07) is 1.20. The van der Waals surface area contributed by atoms with Gasteiger partial charge >= 0.3 is 0 Å². The van der Waals surface area contributed by atoms with Crippen LogP contribution < -0.4 is 0 Å². The zero-order chi connectivity index (χ0) is 11.0. The Morgan fingerprint density at radius 1 is 1.20 bits per heavy atom. The molecule has 2 aliphatic rings. The predicted molar refractivity (Wildman–Crippen MR) is 61.8 cm³/mol. The van der Waals surface area contributed by atoms with E-state index in [1.165, 1.54) is 19.3 Å². The maximum absolute atomic E-state index is 11.6. The second-order valence-corrected chi connectivity index (χ2v) is 5.46. The first kappa shape index (κ1) is 11.1. The van der Waals surface area contributed by atoms with Gasteiger partial charge < -0.3 is 0 Å². The van der Waals surface area contributed by atoms with Crippen LogP contribution in [0.5, 0.6) is 0 Å². The summed E-state index contributed by atoms with van der Waals surface area (Å²) in [5.74, 6) is 1.53. The van der Waals surface area contributed by atoms with Crippen molar-refractivity contribution in [3.8, 4) is 0 Å². The number of ketones is 1. The summed E-state index contributed by atoms with van der Waals surface area (Å²) in [6.45, 7) is 7.69. The molecule has 86 valence electrons.